The number of aromatic nitrogens is 1. The van der Waals surface area contributed by atoms with Gasteiger partial charge in [-0.25, -0.2) is 0 Å². The van der Waals surface area contributed by atoms with Crippen LogP contribution >= 0.6 is 0 Å². The molecule has 6 heteroatoms. The van der Waals surface area contributed by atoms with Crippen LogP contribution in [0.5, 0.6) is 0 Å². The van der Waals surface area contributed by atoms with Gasteiger partial charge in [-0.2, -0.15) is 0 Å². The third-order valence-corrected chi connectivity index (χ3v) is 5.10. The number of amides is 1. The van der Waals surface area contributed by atoms with Gasteiger partial charge in [-0.1, -0.05) is 30.3 Å². The summed E-state index contributed by atoms with van der Waals surface area (Å²) >= 11 is 0. The molecular weight excluding hydrogens is 380 g/mol. The van der Waals surface area contributed by atoms with Gasteiger partial charge in [0.15, 0.2) is 11.5 Å². The van der Waals surface area contributed by atoms with Gasteiger partial charge in [0.1, 0.15) is 0 Å². The van der Waals surface area contributed by atoms with Crippen LogP contribution in [0.3, 0.4) is 0 Å². The van der Waals surface area contributed by atoms with Crippen molar-refractivity contribution < 1.29 is 19.4 Å². The molecule has 1 aliphatic heterocycles. The van der Waals surface area contributed by atoms with Crippen LogP contribution in [0.15, 0.2) is 66.2 Å². The molecule has 2 aromatic rings. The van der Waals surface area contributed by atoms with Crippen LogP contribution in [0.25, 0.3) is 0 Å². The number of aliphatic hydroxyl groups excluding tert-OH is 1. The third kappa shape index (κ3) is 5.13. The topological polar surface area (TPSA) is 79.7 Å². The summed E-state index contributed by atoms with van der Waals surface area (Å²) in [6.07, 6.45) is 4.75. The van der Waals surface area contributed by atoms with E-state index in [1.165, 1.54) is 0 Å². The molecule has 0 aliphatic carbocycles. The standard InChI is InChI=1S/C24H28N2O4/c1-17(2)30-16-6-15-26-22(19-11-13-25-14-12-19)21(23(28)24(26)29)20(27)10-9-18-7-4-3-5-8-18/h3-5,7-8,11-14,17,22,28H,6,9-10,15-16H2,1-2H3. The average molecular weight is 408 g/mol. The highest BCUT2D eigenvalue weighted by Crippen LogP contribution is 2.38. The van der Waals surface area contributed by atoms with Crippen LogP contribution in [-0.4, -0.2) is 45.9 Å². The summed E-state index contributed by atoms with van der Waals surface area (Å²) in [5.41, 5.74) is 1.97. The Labute approximate surface area is 177 Å². The Balaban J connectivity index is 1.80. The zero-order chi connectivity index (χ0) is 21.5. The highest BCUT2D eigenvalue weighted by Gasteiger charge is 2.42. The smallest absolute Gasteiger partial charge is 0.290 e. The molecule has 0 saturated heterocycles. The first-order chi connectivity index (χ1) is 14.5. The SMILES string of the molecule is CC(C)OCCCN1C(=O)C(O)=C(C(=O)CCc2ccccc2)C1c1ccncc1. The fourth-order valence-corrected chi connectivity index (χ4v) is 3.65. The molecule has 1 unspecified atom stereocenters. The minimum Gasteiger partial charge on any atom is -0.503 e. The molecule has 0 bridgehead atoms. The van der Waals surface area contributed by atoms with Crippen LogP contribution in [0.4, 0.5) is 0 Å². The number of ketones is 1. The molecule has 1 N–H and O–H groups in total. The summed E-state index contributed by atoms with van der Waals surface area (Å²) < 4.78 is 5.58. The number of carbonyl (C=O) groups excluding carboxylic acids is 2. The summed E-state index contributed by atoms with van der Waals surface area (Å²) in [6, 6.07) is 12.6. The first-order valence-electron chi connectivity index (χ1n) is 10.3. The predicted octanol–water partition coefficient (Wildman–Crippen LogP) is 3.79. The largest absolute Gasteiger partial charge is 0.503 e. The van der Waals surface area contributed by atoms with Crippen molar-refractivity contribution in [3.8, 4) is 0 Å². The molecule has 0 saturated carbocycles. The number of carbonyl (C=O) groups is 2. The molecule has 1 aromatic heterocycles. The maximum absolute atomic E-state index is 13.1. The summed E-state index contributed by atoms with van der Waals surface area (Å²) in [6.45, 7) is 4.80. The Bertz CT molecular complexity index is 894. The summed E-state index contributed by atoms with van der Waals surface area (Å²) in [5.74, 6) is -1.17. The van der Waals surface area contributed by atoms with E-state index in [2.05, 4.69) is 4.98 Å². The quantitative estimate of drug-likeness (QED) is 0.605. The van der Waals surface area contributed by atoms with Gasteiger partial charge in [0.25, 0.3) is 5.91 Å². The van der Waals surface area contributed by atoms with Crippen molar-refractivity contribution in [2.75, 3.05) is 13.2 Å². The maximum atomic E-state index is 13.1. The van der Waals surface area contributed by atoms with Crippen molar-refractivity contribution in [3.63, 3.8) is 0 Å². The number of aryl methyl sites for hydroxylation is 1. The zero-order valence-corrected chi connectivity index (χ0v) is 17.5. The summed E-state index contributed by atoms with van der Waals surface area (Å²) in [5, 5.41) is 10.6. The van der Waals surface area contributed by atoms with Gasteiger partial charge in [0.05, 0.1) is 17.7 Å². The number of Topliss-reactive ketones (excluding diaryl/α,β-unsaturated/α-hetero) is 1. The molecule has 0 spiro atoms. The zero-order valence-electron chi connectivity index (χ0n) is 17.5. The molecule has 1 atom stereocenters. The van der Waals surface area contributed by atoms with Crippen molar-refractivity contribution in [2.24, 2.45) is 0 Å². The van der Waals surface area contributed by atoms with E-state index in [0.29, 0.717) is 26.0 Å². The molecule has 6 nitrogen and oxygen atoms in total. The van der Waals surface area contributed by atoms with Gasteiger partial charge in [-0.15, -0.1) is 0 Å². The Morgan fingerprint density at radius 1 is 1.17 bits per heavy atom. The first-order valence-corrected chi connectivity index (χ1v) is 10.3. The van der Waals surface area contributed by atoms with Crippen LogP contribution in [0, 0.1) is 0 Å². The van der Waals surface area contributed by atoms with Crippen LogP contribution in [0.2, 0.25) is 0 Å². The fourth-order valence-electron chi connectivity index (χ4n) is 3.65. The minimum absolute atomic E-state index is 0.108. The number of benzene rings is 1. The van der Waals surface area contributed by atoms with Crippen molar-refractivity contribution >= 4 is 11.7 Å². The number of ether oxygens (including phenoxy) is 1. The normalized spacial score (nSPS) is 16.6. The lowest BCUT2D eigenvalue weighted by Gasteiger charge is -2.27. The molecule has 2 heterocycles. The third-order valence-electron chi connectivity index (χ3n) is 5.10. The predicted molar refractivity (Wildman–Crippen MR) is 114 cm³/mol. The molecule has 1 aliphatic rings. The highest BCUT2D eigenvalue weighted by molar-refractivity contribution is 6.09. The van der Waals surface area contributed by atoms with Gasteiger partial charge in [0, 0.05) is 32.0 Å². The molecule has 3 rings (SSSR count). The van der Waals surface area contributed by atoms with Crippen molar-refractivity contribution in [2.45, 2.75) is 45.3 Å². The second kappa shape index (κ2) is 10.2. The van der Waals surface area contributed by atoms with E-state index in [1.807, 2.05) is 44.2 Å². The van der Waals surface area contributed by atoms with E-state index in [0.717, 1.165) is 11.1 Å². The monoisotopic (exact) mass is 408 g/mol. The molecule has 1 aromatic carbocycles. The second-order valence-corrected chi connectivity index (χ2v) is 7.63. The number of pyridine rings is 1. The molecular formula is C24H28N2O4. The number of rotatable bonds is 10. The Morgan fingerprint density at radius 2 is 1.87 bits per heavy atom. The Hall–Kier alpha value is -2.99. The van der Waals surface area contributed by atoms with E-state index < -0.39 is 17.7 Å². The molecule has 30 heavy (non-hydrogen) atoms. The maximum Gasteiger partial charge on any atom is 0.290 e. The van der Waals surface area contributed by atoms with Crippen LogP contribution in [0.1, 0.15) is 43.9 Å². The second-order valence-electron chi connectivity index (χ2n) is 7.63. The molecule has 1 amide bonds. The Kier molecular flexibility index (Phi) is 7.36. The summed E-state index contributed by atoms with van der Waals surface area (Å²) in [4.78, 5) is 31.5. The van der Waals surface area contributed by atoms with E-state index in [9.17, 15) is 14.7 Å². The van der Waals surface area contributed by atoms with E-state index in [1.54, 1.807) is 29.4 Å². The number of nitrogens with zero attached hydrogens (tertiary/aromatic N) is 2. The van der Waals surface area contributed by atoms with E-state index in [4.69, 9.17) is 4.74 Å². The van der Waals surface area contributed by atoms with Crippen molar-refractivity contribution in [1.29, 1.82) is 0 Å². The molecule has 158 valence electrons. The van der Waals surface area contributed by atoms with E-state index in [-0.39, 0.29) is 23.9 Å². The number of hydrogen-bond acceptors (Lipinski definition) is 5. The van der Waals surface area contributed by atoms with E-state index >= 15 is 0 Å². The molecule has 0 fully saturated rings. The van der Waals surface area contributed by atoms with Gasteiger partial charge >= 0.3 is 0 Å². The lowest BCUT2D eigenvalue weighted by molar-refractivity contribution is -0.129. The van der Waals surface area contributed by atoms with Gasteiger partial charge in [-0.3, -0.25) is 14.6 Å². The van der Waals surface area contributed by atoms with Crippen molar-refractivity contribution in [3.05, 3.63) is 77.3 Å². The average Bonchev–Trinajstić information content (AvgIpc) is 3.01. The molecule has 0 radical (unpaired) electrons. The summed E-state index contributed by atoms with van der Waals surface area (Å²) in [7, 11) is 0. The highest BCUT2D eigenvalue weighted by atomic mass is 16.5. The fraction of sp³-hybridized carbons (Fsp3) is 0.375. The lowest BCUT2D eigenvalue weighted by atomic mass is 9.93. The number of aliphatic hydroxyl groups is 1. The van der Waals surface area contributed by atoms with Gasteiger partial charge in [-0.05, 0) is 49.9 Å². The van der Waals surface area contributed by atoms with Crippen molar-refractivity contribution in [1.82, 2.24) is 9.88 Å². The van der Waals surface area contributed by atoms with Gasteiger partial charge < -0.3 is 14.7 Å². The minimum atomic E-state index is -0.608. The van der Waals surface area contributed by atoms with Gasteiger partial charge in [0.2, 0.25) is 0 Å². The Morgan fingerprint density at radius 3 is 2.53 bits per heavy atom. The number of hydrogen-bond donors (Lipinski definition) is 1. The van der Waals surface area contributed by atoms with Crippen LogP contribution in [-0.2, 0) is 20.7 Å². The first kappa shape index (κ1) is 21.7. The lowest BCUT2D eigenvalue weighted by Crippen LogP contribution is -2.32. The van der Waals surface area contributed by atoms with Crippen LogP contribution < -0.4 is 0 Å².